The fourth-order valence-electron chi connectivity index (χ4n) is 3.57. The summed E-state index contributed by atoms with van der Waals surface area (Å²) in [6.45, 7) is 1.35. The number of pyridine rings is 1. The van der Waals surface area contributed by atoms with Crippen LogP contribution in [0.2, 0.25) is 10.0 Å². The van der Waals surface area contributed by atoms with Gasteiger partial charge < -0.3 is 25.3 Å². The highest BCUT2D eigenvalue weighted by atomic mass is 35.5. The normalized spacial score (nSPS) is 11.5. The molecule has 1 heterocycles. The lowest BCUT2D eigenvalue weighted by atomic mass is 10.2. The molecule has 0 saturated carbocycles. The Labute approximate surface area is 290 Å². The Morgan fingerprint density at radius 1 is 0.857 bits per heavy atom. The third-order valence-corrected chi connectivity index (χ3v) is 6.33. The highest BCUT2D eigenvalue weighted by Crippen LogP contribution is 2.38. The molecule has 0 aliphatic heterocycles. The van der Waals surface area contributed by atoms with Crippen molar-refractivity contribution in [3.8, 4) is 28.9 Å². The number of ether oxygens (including phenoxy) is 3. The zero-order chi connectivity index (χ0) is 37.1. The Bertz CT molecular complexity index is 1750. The summed E-state index contributed by atoms with van der Waals surface area (Å²) in [7, 11) is 1.50. The number of nitro groups is 1. The molecule has 3 aromatic carbocycles. The second kappa shape index (κ2) is 17.8. The number of anilines is 1. The summed E-state index contributed by atoms with van der Waals surface area (Å²) in [5.74, 6) is -1.06. The molecule has 0 radical (unpaired) electrons. The molecule has 0 bridgehead atoms. The number of nitrogens with two attached hydrogens (primary N) is 1. The third kappa shape index (κ3) is 11.6. The van der Waals surface area contributed by atoms with E-state index in [1.807, 2.05) is 0 Å². The number of amides is 1. The lowest BCUT2D eigenvalue weighted by molar-refractivity contribution is -0.383. The molecule has 1 atom stereocenters. The van der Waals surface area contributed by atoms with Crippen LogP contribution in [0.25, 0.3) is 0 Å². The molecule has 1 aromatic heterocycles. The zero-order valence-electron chi connectivity index (χ0n) is 25.4. The van der Waals surface area contributed by atoms with Crippen molar-refractivity contribution in [2.45, 2.75) is 25.4 Å². The molecule has 1 unspecified atom stereocenters. The number of halogens is 8. The number of nitrogens with one attached hydrogen (secondary N) is 1. The highest BCUT2D eigenvalue weighted by Gasteiger charge is 2.32. The van der Waals surface area contributed by atoms with Crippen molar-refractivity contribution in [2.75, 3.05) is 18.6 Å². The maximum absolute atomic E-state index is 12.9. The van der Waals surface area contributed by atoms with Gasteiger partial charge in [-0.15, -0.1) is 0 Å². The maximum atomic E-state index is 12.9. The first-order valence-corrected chi connectivity index (χ1v) is 15.0. The number of hydrogen-bond donors (Lipinski definition) is 3. The molecule has 1 amide bonds. The van der Waals surface area contributed by atoms with Gasteiger partial charge in [-0.1, -0.05) is 23.2 Å². The smallest absolute Gasteiger partial charge is 0.417 e. The van der Waals surface area contributed by atoms with E-state index in [1.165, 1.54) is 44.3 Å². The van der Waals surface area contributed by atoms with Crippen LogP contribution in [0.4, 0.5) is 37.7 Å². The van der Waals surface area contributed by atoms with Crippen molar-refractivity contribution in [3.05, 3.63) is 104 Å². The Morgan fingerprint density at radius 2 is 1.41 bits per heavy atom. The van der Waals surface area contributed by atoms with Crippen LogP contribution in [-0.4, -0.2) is 35.2 Å². The molecule has 19 heteroatoms. The second-order valence-electron chi connectivity index (χ2n) is 9.01. The monoisotopic (exact) mass is 754 g/mol. The predicted octanol–water partition coefficient (Wildman–Crippen LogP) is 9.45. The topological polar surface area (TPSA) is 139 Å². The van der Waals surface area contributed by atoms with Crippen LogP contribution < -0.4 is 25.3 Å². The van der Waals surface area contributed by atoms with E-state index < -0.39 is 46.1 Å². The number of carbonyl (C=O) groups excluding carboxylic acids is 1. The van der Waals surface area contributed by atoms with Crippen molar-refractivity contribution in [1.29, 1.82) is 0 Å². The molecule has 0 saturated heterocycles. The largest absolute Gasteiger partial charge is 0.481 e. The Kier molecular flexibility index (Phi) is 14.8. The molecule has 10 nitrogen and oxygen atoms in total. The summed E-state index contributed by atoms with van der Waals surface area (Å²) in [5.41, 5.74) is 1.63. The summed E-state index contributed by atoms with van der Waals surface area (Å²) in [6.07, 6.45) is -8.23. The van der Waals surface area contributed by atoms with Gasteiger partial charge in [0.2, 0.25) is 5.88 Å². The van der Waals surface area contributed by atoms with Gasteiger partial charge in [-0.25, -0.2) is 4.98 Å². The molecule has 3 N–H and O–H groups in total. The minimum Gasteiger partial charge on any atom is -0.481 e. The Hall–Kier alpha value is -4.45. The number of hydrogen-bond acceptors (Lipinski definition) is 9. The standard InChI is InChI=1S/C28H17Cl2F6N3O6.CH5N.CH4S/c1-14(43-17-3-5-18(6-4-17)45-26-21(30)11-16(13-37-26)28(34,35)36)25(40)38-22-12-19(7-8-23(22)39(41)42)44-24-9-2-15(10-20(24)29)27(31,32)33;2*1-2/h2-14H,1H3,(H,38,40);2H2,1H3;2H,1H3. The molecule has 49 heavy (non-hydrogen) atoms. The SMILES string of the molecule is CC(Oc1ccc(Oc2ncc(C(F)(F)F)cc2Cl)cc1)C(=O)Nc1cc(Oc2ccc(C(F)(F)F)cc2Cl)ccc1[N+](=O)[O-].CN.CS. The van der Waals surface area contributed by atoms with Crippen LogP contribution in [0.5, 0.6) is 28.9 Å². The number of rotatable bonds is 9. The predicted molar refractivity (Wildman–Crippen MR) is 174 cm³/mol. The van der Waals surface area contributed by atoms with Gasteiger partial charge in [-0.05, 0) is 74.8 Å². The van der Waals surface area contributed by atoms with Crippen molar-refractivity contribution in [2.24, 2.45) is 5.73 Å². The van der Waals surface area contributed by atoms with Gasteiger partial charge in [0.15, 0.2) is 6.10 Å². The molecule has 4 rings (SSSR count). The molecule has 0 spiro atoms. The van der Waals surface area contributed by atoms with Gasteiger partial charge in [-0.3, -0.25) is 14.9 Å². The summed E-state index contributed by atoms with van der Waals surface area (Å²) in [4.78, 5) is 27.2. The van der Waals surface area contributed by atoms with E-state index in [0.29, 0.717) is 18.3 Å². The summed E-state index contributed by atoms with van der Waals surface area (Å²) >= 11 is 15.3. The molecular formula is C30H26Cl2F6N4O6S. The molecular weight excluding hydrogens is 729 g/mol. The molecule has 264 valence electrons. The lowest BCUT2D eigenvalue weighted by Gasteiger charge is -2.16. The summed E-state index contributed by atoms with van der Waals surface area (Å²) in [6, 6.07) is 11.8. The lowest BCUT2D eigenvalue weighted by Crippen LogP contribution is -2.30. The maximum Gasteiger partial charge on any atom is 0.417 e. The minimum absolute atomic E-state index is 0.0793. The highest BCUT2D eigenvalue weighted by molar-refractivity contribution is 7.79. The first kappa shape index (κ1) is 40.7. The first-order valence-electron chi connectivity index (χ1n) is 13.3. The van der Waals surface area contributed by atoms with Crippen LogP contribution in [0.15, 0.2) is 72.9 Å². The van der Waals surface area contributed by atoms with Crippen LogP contribution in [0, 0.1) is 10.1 Å². The van der Waals surface area contributed by atoms with Crippen molar-refractivity contribution < 1.29 is 50.3 Å². The van der Waals surface area contributed by atoms with Gasteiger partial charge in [0.25, 0.3) is 11.6 Å². The minimum atomic E-state index is -4.64. The van der Waals surface area contributed by atoms with Crippen molar-refractivity contribution >= 4 is 53.1 Å². The van der Waals surface area contributed by atoms with Crippen LogP contribution in [0.1, 0.15) is 18.1 Å². The van der Waals surface area contributed by atoms with Crippen LogP contribution in [-0.2, 0) is 17.1 Å². The van der Waals surface area contributed by atoms with E-state index in [4.69, 9.17) is 37.4 Å². The van der Waals surface area contributed by atoms with E-state index in [1.54, 1.807) is 6.26 Å². The van der Waals surface area contributed by atoms with Crippen molar-refractivity contribution in [1.82, 2.24) is 4.98 Å². The fraction of sp³-hybridized carbons (Fsp3) is 0.200. The van der Waals surface area contributed by atoms with Gasteiger partial charge in [0.1, 0.15) is 33.7 Å². The molecule has 0 aliphatic carbocycles. The quantitative estimate of drug-likeness (QED) is 0.0665. The van der Waals surface area contributed by atoms with Crippen molar-refractivity contribution in [3.63, 3.8) is 0 Å². The van der Waals surface area contributed by atoms with E-state index in [-0.39, 0.29) is 44.6 Å². The number of nitrogens with zero attached hydrogens (tertiary/aromatic N) is 2. The fourth-order valence-corrected chi connectivity index (χ4v) is 3.99. The van der Waals surface area contributed by atoms with Gasteiger partial charge >= 0.3 is 12.4 Å². The average molecular weight is 756 g/mol. The Morgan fingerprint density at radius 3 is 1.94 bits per heavy atom. The third-order valence-electron chi connectivity index (χ3n) is 5.76. The number of carbonyl (C=O) groups is 1. The number of nitro benzene ring substituents is 1. The molecule has 0 fully saturated rings. The first-order chi connectivity index (χ1) is 23.0. The summed E-state index contributed by atoms with van der Waals surface area (Å²) < 4.78 is 93.7. The van der Waals surface area contributed by atoms with Gasteiger partial charge in [0, 0.05) is 18.3 Å². The number of alkyl halides is 6. The number of benzene rings is 3. The van der Waals surface area contributed by atoms with E-state index in [0.717, 1.165) is 24.3 Å². The molecule has 4 aromatic rings. The zero-order valence-corrected chi connectivity index (χ0v) is 27.8. The summed E-state index contributed by atoms with van der Waals surface area (Å²) in [5, 5.41) is 13.2. The number of aromatic nitrogens is 1. The Balaban J connectivity index is 0.00000201. The number of thiol groups is 1. The van der Waals surface area contributed by atoms with Gasteiger partial charge in [-0.2, -0.15) is 39.0 Å². The second-order valence-corrected chi connectivity index (χ2v) is 9.83. The average Bonchev–Trinajstić information content (AvgIpc) is 3.04. The van der Waals surface area contributed by atoms with Crippen LogP contribution in [0.3, 0.4) is 0 Å². The van der Waals surface area contributed by atoms with Gasteiger partial charge in [0.05, 0.1) is 21.1 Å². The molecule has 0 aliphatic rings. The van der Waals surface area contributed by atoms with E-state index in [2.05, 4.69) is 28.7 Å². The van der Waals surface area contributed by atoms with E-state index >= 15 is 0 Å². The van der Waals surface area contributed by atoms with Crippen LogP contribution >= 0.6 is 35.8 Å². The van der Waals surface area contributed by atoms with E-state index in [9.17, 15) is 41.3 Å².